The van der Waals surface area contributed by atoms with Crippen LogP contribution in [0.5, 0.6) is 0 Å². The molecule has 0 radical (unpaired) electrons. The van der Waals surface area contributed by atoms with E-state index in [1.165, 1.54) is 26.0 Å². The Morgan fingerprint density at radius 2 is 1.90 bits per heavy atom. The highest BCUT2D eigenvalue weighted by Crippen LogP contribution is 2.40. The third kappa shape index (κ3) is 7.32. The second-order valence-electron chi connectivity index (χ2n) is 9.98. The van der Waals surface area contributed by atoms with Crippen LogP contribution in [0.1, 0.15) is 37.8 Å². The molecule has 39 heavy (non-hydrogen) atoms. The topological polar surface area (TPSA) is 116 Å². The molecule has 0 spiro atoms. The number of hydrogen-bond donors (Lipinski definition) is 3. The number of aldehydes is 1. The molecule has 4 atom stereocenters. The van der Waals surface area contributed by atoms with Gasteiger partial charge in [0.05, 0.1) is 6.04 Å². The molecule has 2 aromatic carbocycles. The molecule has 1 saturated heterocycles. The van der Waals surface area contributed by atoms with Crippen LogP contribution in [0.2, 0.25) is 5.02 Å². The van der Waals surface area contributed by atoms with Crippen molar-refractivity contribution in [3.63, 3.8) is 0 Å². The van der Waals surface area contributed by atoms with Gasteiger partial charge < -0.3 is 20.5 Å². The average molecular weight is 564 g/mol. The van der Waals surface area contributed by atoms with E-state index in [2.05, 4.69) is 10.6 Å². The zero-order valence-corrected chi connectivity index (χ0v) is 22.4. The Bertz CT molecular complexity index is 1180. The first-order chi connectivity index (χ1) is 18.4. The van der Waals surface area contributed by atoms with Crippen LogP contribution in [0, 0.1) is 11.8 Å². The fourth-order valence-corrected chi connectivity index (χ4v) is 5.18. The summed E-state index contributed by atoms with van der Waals surface area (Å²) in [6.45, 7) is 3.34. The van der Waals surface area contributed by atoms with Gasteiger partial charge in [-0.1, -0.05) is 67.9 Å². The fourth-order valence-electron chi connectivity index (χ4n) is 4.99. The minimum absolute atomic E-state index is 0.0124. The number of nitrogens with one attached hydrogen (secondary N) is 2. The Hall–Kier alpha value is -3.53. The fraction of sp³-hybridized carbons (Fsp3) is 0.429. The van der Waals surface area contributed by atoms with E-state index in [4.69, 9.17) is 11.6 Å². The van der Waals surface area contributed by atoms with Crippen molar-refractivity contribution in [3.05, 3.63) is 70.7 Å². The van der Waals surface area contributed by atoms with Gasteiger partial charge in [0.15, 0.2) is 0 Å². The molecule has 210 valence electrons. The molecule has 3 rings (SSSR count). The van der Waals surface area contributed by atoms with Crippen molar-refractivity contribution in [1.82, 2.24) is 15.5 Å². The van der Waals surface area contributed by atoms with Crippen molar-refractivity contribution in [3.8, 4) is 0 Å². The maximum Gasteiger partial charge on any atom is 0.408 e. The number of carbonyl (C=O) groups is 4. The van der Waals surface area contributed by atoms with Gasteiger partial charge >= 0.3 is 6.09 Å². The molecule has 0 aliphatic carbocycles. The van der Waals surface area contributed by atoms with Crippen molar-refractivity contribution in [2.24, 2.45) is 11.8 Å². The minimum atomic E-state index is -3.72. The van der Waals surface area contributed by atoms with Gasteiger partial charge in [0.25, 0.3) is 5.92 Å². The van der Waals surface area contributed by atoms with E-state index in [1.54, 1.807) is 30.3 Å². The van der Waals surface area contributed by atoms with Gasteiger partial charge in [-0.25, -0.2) is 4.79 Å². The van der Waals surface area contributed by atoms with E-state index in [-0.39, 0.29) is 23.8 Å². The zero-order valence-electron chi connectivity index (χ0n) is 21.6. The zero-order chi connectivity index (χ0) is 28.7. The van der Waals surface area contributed by atoms with Gasteiger partial charge in [0.1, 0.15) is 18.4 Å². The van der Waals surface area contributed by atoms with Crippen molar-refractivity contribution in [2.75, 3.05) is 6.54 Å². The van der Waals surface area contributed by atoms with Gasteiger partial charge in [-0.15, -0.1) is 0 Å². The second kappa shape index (κ2) is 13.0. The van der Waals surface area contributed by atoms with Crippen molar-refractivity contribution >= 4 is 35.8 Å². The Balaban J connectivity index is 2.02. The summed E-state index contributed by atoms with van der Waals surface area (Å²) < 4.78 is 32.1. The quantitative estimate of drug-likeness (QED) is 0.334. The first kappa shape index (κ1) is 30.0. The summed E-state index contributed by atoms with van der Waals surface area (Å²) in [7, 11) is 0. The molecule has 0 bridgehead atoms. The van der Waals surface area contributed by atoms with Crippen molar-refractivity contribution < 1.29 is 33.1 Å². The van der Waals surface area contributed by atoms with Crippen LogP contribution < -0.4 is 10.6 Å². The normalized spacial score (nSPS) is 17.7. The molecule has 8 nitrogen and oxygen atoms in total. The van der Waals surface area contributed by atoms with Gasteiger partial charge in [0.2, 0.25) is 11.8 Å². The summed E-state index contributed by atoms with van der Waals surface area (Å²) in [4.78, 5) is 50.6. The number of hydrogen-bond acceptors (Lipinski definition) is 4. The molecular formula is C28H32ClF2N3O5. The Morgan fingerprint density at radius 1 is 1.21 bits per heavy atom. The van der Waals surface area contributed by atoms with Gasteiger partial charge in [-0.3, -0.25) is 14.5 Å². The molecule has 2 aromatic rings. The van der Waals surface area contributed by atoms with Gasteiger partial charge in [0, 0.05) is 29.5 Å². The molecule has 1 aliphatic rings. The van der Waals surface area contributed by atoms with Gasteiger partial charge in [-0.05, 0) is 36.5 Å². The van der Waals surface area contributed by atoms with Crippen LogP contribution in [-0.2, 0) is 26.7 Å². The third-order valence-electron chi connectivity index (χ3n) is 6.84. The first-order valence-electron chi connectivity index (χ1n) is 12.7. The molecule has 0 saturated carbocycles. The number of nitrogens with zero attached hydrogens (tertiary/aromatic N) is 1. The molecule has 0 aromatic heterocycles. The average Bonchev–Trinajstić information content (AvgIpc) is 3.29. The van der Waals surface area contributed by atoms with Gasteiger partial charge in [-0.2, -0.15) is 8.78 Å². The molecule has 1 aliphatic heterocycles. The Kier molecular flexibility index (Phi) is 10.0. The Morgan fingerprint density at radius 3 is 2.44 bits per heavy atom. The minimum Gasteiger partial charge on any atom is -0.465 e. The molecule has 11 heteroatoms. The van der Waals surface area contributed by atoms with Crippen LogP contribution in [0.25, 0.3) is 0 Å². The monoisotopic (exact) mass is 563 g/mol. The van der Waals surface area contributed by atoms with E-state index in [9.17, 15) is 24.3 Å². The summed E-state index contributed by atoms with van der Waals surface area (Å²) in [5.74, 6) is -6.31. The van der Waals surface area contributed by atoms with E-state index in [0.717, 1.165) is 12.1 Å². The number of alkyl halides is 2. The van der Waals surface area contributed by atoms with E-state index < -0.39 is 53.4 Å². The standard InChI is InChI=1S/C28H32ClF2N3O5/c1-17(2)24(28(30,31)20-9-6-10-21(29)15-20)34(27(38)39)23(13-18-7-4-3-5-8-18)26(37)33-22(16-35)14-19-11-12-32-25(19)36/h3-10,15-17,19,22-24H,11-14H2,1-2H3,(H,32,36)(H,33,37)(H,38,39)/t19-,22-,23-,24?/m0/s1. The van der Waals surface area contributed by atoms with Crippen LogP contribution in [0.15, 0.2) is 54.6 Å². The third-order valence-corrected chi connectivity index (χ3v) is 7.07. The lowest BCUT2D eigenvalue weighted by Crippen LogP contribution is -2.61. The SMILES string of the molecule is CC(C)C(N(C(=O)O)[C@@H](Cc1ccccc1)C(=O)N[C@H](C=O)C[C@@H]1CCNC1=O)C(F)(F)c1cccc(Cl)c1. The smallest absolute Gasteiger partial charge is 0.408 e. The highest BCUT2D eigenvalue weighted by molar-refractivity contribution is 6.30. The lowest BCUT2D eigenvalue weighted by Gasteiger charge is -2.41. The summed E-state index contributed by atoms with van der Waals surface area (Å²) in [5.41, 5.74) is 0.0483. The summed E-state index contributed by atoms with van der Waals surface area (Å²) >= 11 is 5.96. The maximum atomic E-state index is 16.1. The summed E-state index contributed by atoms with van der Waals surface area (Å²) in [6, 6.07) is 8.72. The van der Waals surface area contributed by atoms with Crippen LogP contribution >= 0.6 is 11.6 Å². The summed E-state index contributed by atoms with van der Waals surface area (Å²) in [5, 5.41) is 15.5. The molecule has 1 unspecified atom stereocenters. The van der Waals surface area contributed by atoms with Crippen molar-refractivity contribution in [1.29, 1.82) is 0 Å². The molecule has 1 fully saturated rings. The number of amides is 3. The summed E-state index contributed by atoms with van der Waals surface area (Å²) in [6.07, 6.45) is -0.977. The molecular weight excluding hydrogens is 532 g/mol. The molecule has 1 heterocycles. The van der Waals surface area contributed by atoms with Crippen LogP contribution in [0.3, 0.4) is 0 Å². The van der Waals surface area contributed by atoms with E-state index in [1.807, 2.05) is 0 Å². The maximum absolute atomic E-state index is 16.1. The number of carboxylic acid groups (broad SMARTS) is 1. The van der Waals surface area contributed by atoms with Crippen LogP contribution in [-0.4, -0.2) is 58.9 Å². The van der Waals surface area contributed by atoms with Crippen LogP contribution in [0.4, 0.5) is 13.6 Å². The largest absolute Gasteiger partial charge is 0.465 e. The highest BCUT2D eigenvalue weighted by Gasteiger charge is 2.51. The lowest BCUT2D eigenvalue weighted by atomic mass is 9.88. The molecule has 3 N–H and O–H groups in total. The number of benzene rings is 2. The predicted molar refractivity (Wildman–Crippen MR) is 141 cm³/mol. The number of halogens is 3. The number of carbonyl (C=O) groups excluding carboxylic acids is 3. The number of rotatable bonds is 12. The van der Waals surface area contributed by atoms with Crippen molar-refractivity contribution in [2.45, 2.75) is 57.2 Å². The highest BCUT2D eigenvalue weighted by atomic mass is 35.5. The Labute approximate surface area is 230 Å². The van der Waals surface area contributed by atoms with E-state index >= 15 is 8.78 Å². The van der Waals surface area contributed by atoms with E-state index in [0.29, 0.717) is 29.7 Å². The lowest BCUT2D eigenvalue weighted by molar-refractivity contribution is -0.138. The second-order valence-corrected chi connectivity index (χ2v) is 10.4. The molecule has 3 amide bonds. The predicted octanol–water partition coefficient (Wildman–Crippen LogP) is 4.26. The first-order valence-corrected chi connectivity index (χ1v) is 13.1.